The fourth-order valence-corrected chi connectivity index (χ4v) is 2.52. The molecule has 2 rings (SSSR count). The van der Waals surface area contributed by atoms with Crippen molar-refractivity contribution in [2.24, 2.45) is 5.73 Å². The minimum atomic E-state index is -0.190. The number of amides is 1. The first-order valence-electron chi connectivity index (χ1n) is 6.13. The summed E-state index contributed by atoms with van der Waals surface area (Å²) in [6, 6.07) is 4.56. The molecule has 5 heteroatoms. The highest BCUT2D eigenvalue weighted by Crippen LogP contribution is 2.26. The van der Waals surface area contributed by atoms with E-state index >= 15 is 0 Å². The molecular formula is C13H17ClN2O2. The number of piperidine rings is 1. The minimum absolute atomic E-state index is 0.0363. The number of likely N-dealkylation sites (tertiary alicyclic amines) is 1. The van der Waals surface area contributed by atoms with Crippen LogP contribution >= 0.6 is 11.6 Å². The normalized spacial score (nSPS) is 19.9. The van der Waals surface area contributed by atoms with E-state index in [0.717, 1.165) is 19.3 Å². The number of phenolic OH excluding ortho intramolecular Hbond substituents is 1. The van der Waals surface area contributed by atoms with Gasteiger partial charge in [-0.05, 0) is 37.5 Å². The molecule has 0 radical (unpaired) electrons. The van der Waals surface area contributed by atoms with Gasteiger partial charge in [0.05, 0.1) is 5.56 Å². The molecule has 98 valence electrons. The first kappa shape index (κ1) is 13.2. The van der Waals surface area contributed by atoms with Crippen LogP contribution in [-0.2, 0) is 0 Å². The number of carbonyl (C=O) groups is 1. The summed E-state index contributed by atoms with van der Waals surface area (Å²) in [4.78, 5) is 14.1. The van der Waals surface area contributed by atoms with Crippen LogP contribution in [0, 0.1) is 0 Å². The molecule has 0 aliphatic carbocycles. The summed E-state index contributed by atoms with van der Waals surface area (Å²) in [5.74, 6) is -0.226. The van der Waals surface area contributed by atoms with Gasteiger partial charge in [-0.3, -0.25) is 4.79 Å². The smallest absolute Gasteiger partial charge is 0.257 e. The molecule has 1 atom stereocenters. The number of halogens is 1. The van der Waals surface area contributed by atoms with Gasteiger partial charge < -0.3 is 15.7 Å². The molecule has 0 aromatic heterocycles. The largest absolute Gasteiger partial charge is 0.507 e. The molecule has 18 heavy (non-hydrogen) atoms. The molecule has 4 nitrogen and oxygen atoms in total. The molecule has 0 bridgehead atoms. The Balaban J connectivity index is 2.26. The molecule has 1 saturated heterocycles. The van der Waals surface area contributed by atoms with Crippen LogP contribution in [0.15, 0.2) is 18.2 Å². The summed E-state index contributed by atoms with van der Waals surface area (Å²) in [6.07, 6.45) is 2.99. The SMILES string of the molecule is NCC1CCCCN1C(=O)c1cc(Cl)ccc1O. The van der Waals surface area contributed by atoms with E-state index in [4.69, 9.17) is 17.3 Å². The zero-order valence-corrected chi connectivity index (χ0v) is 10.9. The lowest BCUT2D eigenvalue weighted by Gasteiger charge is -2.35. The van der Waals surface area contributed by atoms with E-state index < -0.39 is 0 Å². The standard InChI is InChI=1S/C13H17ClN2O2/c14-9-4-5-12(17)11(7-9)13(18)16-6-2-1-3-10(16)8-15/h4-5,7,10,17H,1-3,6,8,15H2. The molecule has 1 fully saturated rings. The second kappa shape index (κ2) is 5.59. The Hall–Kier alpha value is -1.26. The van der Waals surface area contributed by atoms with Crippen molar-refractivity contribution in [2.75, 3.05) is 13.1 Å². The van der Waals surface area contributed by atoms with Crippen molar-refractivity contribution in [3.63, 3.8) is 0 Å². The van der Waals surface area contributed by atoms with Gasteiger partial charge in [-0.15, -0.1) is 0 Å². The molecule has 0 saturated carbocycles. The fourth-order valence-electron chi connectivity index (χ4n) is 2.35. The summed E-state index contributed by atoms with van der Waals surface area (Å²) in [6.45, 7) is 1.14. The second-order valence-electron chi connectivity index (χ2n) is 4.55. The molecule has 1 aromatic rings. The molecule has 1 heterocycles. The van der Waals surface area contributed by atoms with Gasteiger partial charge in [0.1, 0.15) is 5.75 Å². The Bertz CT molecular complexity index is 451. The maximum Gasteiger partial charge on any atom is 0.257 e. The van der Waals surface area contributed by atoms with E-state index in [1.54, 1.807) is 11.0 Å². The molecule has 3 N–H and O–H groups in total. The van der Waals surface area contributed by atoms with E-state index in [9.17, 15) is 9.90 Å². The summed E-state index contributed by atoms with van der Waals surface area (Å²) in [5.41, 5.74) is 5.95. The third-order valence-electron chi connectivity index (χ3n) is 3.35. The molecule has 1 aliphatic rings. The number of phenols is 1. The van der Waals surface area contributed by atoms with Gasteiger partial charge in [0, 0.05) is 24.2 Å². The highest BCUT2D eigenvalue weighted by Gasteiger charge is 2.27. The fraction of sp³-hybridized carbons (Fsp3) is 0.462. The van der Waals surface area contributed by atoms with Crippen LogP contribution in [0.25, 0.3) is 0 Å². The Kier molecular flexibility index (Phi) is 4.09. The van der Waals surface area contributed by atoms with Crippen LogP contribution in [0.5, 0.6) is 5.75 Å². The van der Waals surface area contributed by atoms with E-state index in [0.29, 0.717) is 18.1 Å². The molecule has 1 aliphatic heterocycles. The van der Waals surface area contributed by atoms with Crippen molar-refractivity contribution in [1.82, 2.24) is 4.90 Å². The van der Waals surface area contributed by atoms with Crippen LogP contribution in [-0.4, -0.2) is 35.0 Å². The highest BCUT2D eigenvalue weighted by atomic mass is 35.5. The van der Waals surface area contributed by atoms with Crippen LogP contribution in [0.1, 0.15) is 29.6 Å². The number of carbonyl (C=O) groups excluding carboxylic acids is 1. The van der Waals surface area contributed by atoms with Crippen LogP contribution in [0.2, 0.25) is 5.02 Å². The predicted molar refractivity (Wildman–Crippen MR) is 70.8 cm³/mol. The summed E-state index contributed by atoms with van der Waals surface area (Å²) < 4.78 is 0. The highest BCUT2D eigenvalue weighted by molar-refractivity contribution is 6.31. The lowest BCUT2D eigenvalue weighted by molar-refractivity contribution is 0.0620. The number of benzene rings is 1. The number of rotatable bonds is 2. The van der Waals surface area contributed by atoms with Gasteiger partial charge in [0.15, 0.2) is 0 Å². The zero-order chi connectivity index (χ0) is 13.1. The monoisotopic (exact) mass is 268 g/mol. The van der Waals surface area contributed by atoms with Gasteiger partial charge in [-0.2, -0.15) is 0 Å². The van der Waals surface area contributed by atoms with Crippen molar-refractivity contribution < 1.29 is 9.90 Å². The summed E-state index contributed by atoms with van der Waals surface area (Å²) in [5, 5.41) is 10.2. The Morgan fingerprint density at radius 1 is 1.50 bits per heavy atom. The minimum Gasteiger partial charge on any atom is -0.507 e. The average Bonchev–Trinajstić information content (AvgIpc) is 2.40. The predicted octanol–water partition coefficient (Wildman–Crippen LogP) is 2.00. The van der Waals surface area contributed by atoms with Crippen LogP contribution in [0.4, 0.5) is 0 Å². The van der Waals surface area contributed by atoms with Gasteiger partial charge in [0.2, 0.25) is 0 Å². The van der Waals surface area contributed by atoms with Crippen LogP contribution < -0.4 is 5.73 Å². The maximum absolute atomic E-state index is 12.4. The van der Waals surface area contributed by atoms with Crippen LogP contribution in [0.3, 0.4) is 0 Å². The number of hydrogen-bond acceptors (Lipinski definition) is 3. The van der Waals surface area contributed by atoms with E-state index in [-0.39, 0.29) is 23.3 Å². The lowest BCUT2D eigenvalue weighted by Crippen LogP contribution is -2.47. The first-order valence-corrected chi connectivity index (χ1v) is 6.51. The molecule has 1 amide bonds. The molecule has 0 spiro atoms. The number of nitrogens with two attached hydrogens (primary N) is 1. The van der Waals surface area contributed by atoms with Crippen molar-refractivity contribution in [1.29, 1.82) is 0 Å². The van der Waals surface area contributed by atoms with Gasteiger partial charge in [-0.1, -0.05) is 11.6 Å². The quantitative estimate of drug-likeness (QED) is 0.862. The summed E-state index contributed by atoms with van der Waals surface area (Å²) in [7, 11) is 0. The van der Waals surface area contributed by atoms with Gasteiger partial charge in [-0.25, -0.2) is 0 Å². The van der Waals surface area contributed by atoms with E-state index in [1.807, 2.05) is 0 Å². The third kappa shape index (κ3) is 2.60. The first-order chi connectivity index (χ1) is 8.63. The Morgan fingerprint density at radius 2 is 2.28 bits per heavy atom. The average molecular weight is 269 g/mol. The summed E-state index contributed by atoms with van der Waals surface area (Å²) >= 11 is 5.86. The topological polar surface area (TPSA) is 66.6 Å². The van der Waals surface area contributed by atoms with Crippen molar-refractivity contribution >= 4 is 17.5 Å². The maximum atomic E-state index is 12.4. The number of nitrogens with zero attached hydrogens (tertiary/aromatic N) is 1. The zero-order valence-electron chi connectivity index (χ0n) is 10.1. The van der Waals surface area contributed by atoms with Gasteiger partial charge in [0.25, 0.3) is 5.91 Å². The molecular weight excluding hydrogens is 252 g/mol. The Labute approximate surface area is 111 Å². The van der Waals surface area contributed by atoms with E-state index in [1.165, 1.54) is 12.1 Å². The molecule has 1 aromatic carbocycles. The molecule has 1 unspecified atom stereocenters. The number of hydrogen-bond donors (Lipinski definition) is 2. The lowest BCUT2D eigenvalue weighted by atomic mass is 10.0. The van der Waals surface area contributed by atoms with Crippen molar-refractivity contribution in [3.05, 3.63) is 28.8 Å². The third-order valence-corrected chi connectivity index (χ3v) is 3.58. The number of aromatic hydroxyl groups is 1. The van der Waals surface area contributed by atoms with Crippen molar-refractivity contribution in [3.8, 4) is 5.75 Å². The van der Waals surface area contributed by atoms with Gasteiger partial charge >= 0.3 is 0 Å². The van der Waals surface area contributed by atoms with Crippen molar-refractivity contribution in [2.45, 2.75) is 25.3 Å². The Morgan fingerprint density at radius 3 is 3.00 bits per heavy atom. The van der Waals surface area contributed by atoms with E-state index in [2.05, 4.69) is 0 Å². The second-order valence-corrected chi connectivity index (χ2v) is 4.98.